The summed E-state index contributed by atoms with van der Waals surface area (Å²) >= 11 is -0.556. The minimum atomic E-state index is -0.556. The van der Waals surface area contributed by atoms with E-state index < -0.39 is 17.0 Å². The Bertz CT molecular complexity index is 306. The average Bonchev–Trinajstić information content (AvgIpc) is 2.16. The Kier molecular flexibility index (Phi) is 7.41. The Morgan fingerprint density at radius 2 is 1.18 bits per heavy atom. The summed E-state index contributed by atoms with van der Waals surface area (Å²) in [4.78, 5) is 0. The summed E-state index contributed by atoms with van der Waals surface area (Å²) in [5.41, 5.74) is 2.98. The first kappa shape index (κ1) is 17.5. The SMILES string of the molecule is CC(C)(C)c1[c-]c(C(C)(C)C)ccc1.[Cl][Ti][Cl]. The molecule has 0 radical (unpaired) electrons. The molecule has 0 aliphatic heterocycles. The third kappa shape index (κ3) is 6.86. The molecule has 0 atom stereocenters. The molecule has 0 unspecified atom stereocenters. The Morgan fingerprint density at radius 1 is 0.882 bits per heavy atom. The molecule has 0 bridgehead atoms. The van der Waals surface area contributed by atoms with Crippen molar-refractivity contribution in [1.29, 1.82) is 0 Å². The van der Waals surface area contributed by atoms with Gasteiger partial charge in [0.15, 0.2) is 0 Å². The molecule has 0 heterocycles. The molecule has 1 aromatic carbocycles. The molecule has 17 heavy (non-hydrogen) atoms. The van der Waals surface area contributed by atoms with Gasteiger partial charge in [0.1, 0.15) is 0 Å². The molecule has 0 saturated heterocycles. The van der Waals surface area contributed by atoms with Crippen molar-refractivity contribution in [3.63, 3.8) is 0 Å². The van der Waals surface area contributed by atoms with E-state index in [1.165, 1.54) is 11.1 Å². The van der Waals surface area contributed by atoms with Crippen LogP contribution in [0.25, 0.3) is 0 Å². The van der Waals surface area contributed by atoms with Crippen LogP contribution in [0.1, 0.15) is 52.7 Å². The van der Waals surface area contributed by atoms with Crippen molar-refractivity contribution in [1.82, 2.24) is 0 Å². The number of halogens is 2. The maximum atomic E-state index is 4.89. The zero-order valence-electron chi connectivity index (χ0n) is 11.5. The van der Waals surface area contributed by atoms with Crippen LogP contribution in [0, 0.1) is 6.07 Å². The van der Waals surface area contributed by atoms with Crippen molar-refractivity contribution in [2.45, 2.75) is 52.4 Å². The van der Waals surface area contributed by atoms with Crippen molar-refractivity contribution in [3.05, 3.63) is 35.4 Å². The Morgan fingerprint density at radius 3 is 1.41 bits per heavy atom. The zero-order chi connectivity index (χ0) is 13.7. The quantitative estimate of drug-likeness (QED) is 0.441. The van der Waals surface area contributed by atoms with Gasteiger partial charge in [0.25, 0.3) is 0 Å². The van der Waals surface area contributed by atoms with E-state index >= 15 is 0 Å². The molecule has 3 heteroatoms. The number of hydrogen-bond acceptors (Lipinski definition) is 0. The molecular weight excluding hydrogens is 287 g/mol. The van der Waals surface area contributed by atoms with Gasteiger partial charge in [-0.25, -0.2) is 0 Å². The van der Waals surface area contributed by atoms with Gasteiger partial charge in [-0.05, 0) is 10.8 Å². The van der Waals surface area contributed by atoms with Crippen LogP contribution in [0.2, 0.25) is 0 Å². The van der Waals surface area contributed by atoms with Crippen molar-refractivity contribution < 1.29 is 17.0 Å². The normalized spacial score (nSPS) is 11.5. The molecule has 1 rings (SSSR count). The van der Waals surface area contributed by atoms with E-state index in [4.69, 9.17) is 18.6 Å². The second kappa shape index (κ2) is 7.19. The van der Waals surface area contributed by atoms with Gasteiger partial charge < -0.3 is 0 Å². The van der Waals surface area contributed by atoms with E-state index in [9.17, 15) is 0 Å². The molecule has 1 aromatic rings. The number of benzene rings is 1. The van der Waals surface area contributed by atoms with E-state index in [0.29, 0.717) is 0 Å². The van der Waals surface area contributed by atoms with Crippen LogP contribution in [-0.2, 0) is 27.9 Å². The van der Waals surface area contributed by atoms with Gasteiger partial charge in [-0.2, -0.15) is 35.4 Å². The van der Waals surface area contributed by atoms with Crippen LogP contribution in [-0.4, -0.2) is 0 Å². The molecule has 96 valence electrons. The molecular formula is C14H21Cl2Ti-. The Labute approximate surface area is 123 Å². The minimum absolute atomic E-state index is 0.196. The van der Waals surface area contributed by atoms with Crippen LogP contribution in [0.4, 0.5) is 0 Å². The first-order valence-electron chi connectivity index (χ1n) is 5.62. The van der Waals surface area contributed by atoms with Gasteiger partial charge in [0, 0.05) is 0 Å². The predicted molar refractivity (Wildman–Crippen MR) is 74.4 cm³/mol. The van der Waals surface area contributed by atoms with Crippen LogP contribution < -0.4 is 0 Å². The van der Waals surface area contributed by atoms with Gasteiger partial charge >= 0.3 is 35.6 Å². The van der Waals surface area contributed by atoms with Crippen LogP contribution >= 0.6 is 18.6 Å². The first-order valence-corrected chi connectivity index (χ1v) is 9.92. The van der Waals surface area contributed by atoms with Gasteiger partial charge in [0.2, 0.25) is 0 Å². The zero-order valence-corrected chi connectivity index (χ0v) is 14.6. The first-order chi connectivity index (χ1) is 7.62. The topological polar surface area (TPSA) is 0 Å². The van der Waals surface area contributed by atoms with Crippen LogP contribution in [0.3, 0.4) is 0 Å². The summed E-state index contributed by atoms with van der Waals surface area (Å²) in [7, 11) is 9.78. The standard InChI is InChI=1S/C14H21.2ClH.Ti/c1-13(2,3)11-8-7-9-12(10-11)14(4,5)6;;;/h7-9H,1-6H3;2*1H;/q-1;;;+2/p-2. The Balaban J connectivity index is 0.000000770. The maximum absolute atomic E-state index is 4.89. The van der Waals surface area contributed by atoms with Gasteiger partial charge in [-0.1, -0.05) is 41.5 Å². The van der Waals surface area contributed by atoms with E-state index in [0.717, 1.165) is 0 Å². The van der Waals surface area contributed by atoms with Crippen molar-refractivity contribution in [3.8, 4) is 0 Å². The second-order valence-electron chi connectivity index (χ2n) is 6.05. The molecule has 0 amide bonds. The molecule has 0 nitrogen and oxygen atoms in total. The summed E-state index contributed by atoms with van der Waals surface area (Å²) in [6.07, 6.45) is 0. The van der Waals surface area contributed by atoms with E-state index in [1.807, 2.05) is 0 Å². The summed E-state index contributed by atoms with van der Waals surface area (Å²) < 4.78 is 0. The third-order valence-electron chi connectivity index (χ3n) is 2.41. The van der Waals surface area contributed by atoms with Crippen LogP contribution in [0.15, 0.2) is 18.2 Å². The van der Waals surface area contributed by atoms with Crippen molar-refractivity contribution in [2.24, 2.45) is 0 Å². The second-order valence-corrected chi connectivity index (χ2v) is 8.63. The summed E-state index contributed by atoms with van der Waals surface area (Å²) in [6.45, 7) is 13.4. The molecule has 0 spiro atoms. The Hall–Kier alpha value is 0.514. The monoisotopic (exact) mass is 307 g/mol. The number of rotatable bonds is 0. The molecule has 0 aliphatic carbocycles. The van der Waals surface area contributed by atoms with Crippen LogP contribution in [0.5, 0.6) is 0 Å². The fourth-order valence-electron chi connectivity index (χ4n) is 1.34. The molecule has 0 saturated carbocycles. The van der Waals surface area contributed by atoms with Gasteiger partial charge in [-0.3, -0.25) is 0 Å². The van der Waals surface area contributed by atoms with E-state index in [2.05, 4.69) is 65.8 Å². The predicted octanol–water partition coefficient (Wildman–Crippen LogP) is 5.46. The summed E-state index contributed by atoms with van der Waals surface area (Å²) in [6, 6.07) is 9.98. The summed E-state index contributed by atoms with van der Waals surface area (Å²) in [5.74, 6) is 0. The van der Waals surface area contributed by atoms with E-state index in [-0.39, 0.29) is 10.8 Å². The molecule has 0 aromatic heterocycles. The fourth-order valence-corrected chi connectivity index (χ4v) is 1.34. The summed E-state index contributed by atoms with van der Waals surface area (Å²) in [5, 5.41) is 0. The van der Waals surface area contributed by atoms with Gasteiger partial charge in [0.05, 0.1) is 0 Å². The van der Waals surface area contributed by atoms with E-state index in [1.54, 1.807) is 0 Å². The van der Waals surface area contributed by atoms with Crippen molar-refractivity contribution in [2.75, 3.05) is 0 Å². The molecule has 0 aliphatic rings. The third-order valence-corrected chi connectivity index (χ3v) is 2.41. The van der Waals surface area contributed by atoms with Crippen molar-refractivity contribution >= 4 is 18.6 Å². The van der Waals surface area contributed by atoms with Gasteiger partial charge in [-0.15, -0.1) is 0 Å². The number of hydrogen-bond donors (Lipinski definition) is 0. The molecule has 0 N–H and O–H groups in total. The average molecular weight is 308 g/mol. The fraction of sp³-hybridized carbons (Fsp3) is 0.571. The molecule has 0 fully saturated rings.